The number of pyridine rings is 1. The van der Waals surface area contributed by atoms with Crippen LogP contribution in [0.3, 0.4) is 0 Å². The van der Waals surface area contributed by atoms with E-state index < -0.39 is 0 Å². The van der Waals surface area contributed by atoms with Gasteiger partial charge in [0.25, 0.3) is 0 Å². The summed E-state index contributed by atoms with van der Waals surface area (Å²) in [4.78, 5) is 11.2. The summed E-state index contributed by atoms with van der Waals surface area (Å²) >= 11 is 1.82. The molecule has 30 heavy (non-hydrogen) atoms. The molecule has 0 bridgehead atoms. The fraction of sp³-hybridized carbons (Fsp3) is 0.500. The van der Waals surface area contributed by atoms with E-state index in [-0.39, 0.29) is 24.8 Å². The maximum absolute atomic E-state index is 5.22. The maximum atomic E-state index is 5.22. The molecule has 8 heteroatoms. The van der Waals surface area contributed by atoms with Crippen LogP contribution in [0.5, 0.6) is 0 Å². The number of piperazine rings is 1. The van der Waals surface area contributed by atoms with E-state index >= 15 is 0 Å². The second kappa shape index (κ2) is 11.3. The number of fused-ring (bicyclic) bond motifs is 2. The van der Waals surface area contributed by atoms with Gasteiger partial charge in [0.2, 0.25) is 0 Å². The largest absolute Gasteiger partial charge is 0.385 e. The molecule has 4 heterocycles. The lowest BCUT2D eigenvalue weighted by molar-refractivity contribution is 0.121. The van der Waals surface area contributed by atoms with Crippen molar-refractivity contribution in [3.63, 3.8) is 0 Å². The summed E-state index contributed by atoms with van der Waals surface area (Å²) in [6, 6.07) is 7.04. The topological polar surface area (TPSA) is 40.6 Å². The van der Waals surface area contributed by atoms with Crippen LogP contribution in [0.2, 0.25) is 0 Å². The Kier molecular flexibility index (Phi) is 9.44. The van der Waals surface area contributed by atoms with Crippen LogP contribution in [0.1, 0.15) is 29.7 Å². The summed E-state index contributed by atoms with van der Waals surface area (Å²) in [7, 11) is 4.05. The van der Waals surface area contributed by atoms with Crippen LogP contribution >= 0.6 is 36.2 Å². The number of nitrogens with one attached hydrogen (secondary N) is 1. The third kappa shape index (κ3) is 5.29. The highest BCUT2D eigenvalue weighted by Gasteiger charge is 2.28. The molecular formula is C22H32Cl2N4OS. The Hall–Kier alpha value is -1.31. The van der Waals surface area contributed by atoms with Crippen LogP contribution in [-0.2, 0) is 4.74 Å². The predicted molar refractivity (Wildman–Crippen MR) is 131 cm³/mol. The SMILES string of the molecule is COCCCCC1CN(C2=c3ncccc3=CNc3sc(C)cc32)CCN1C.Cl.Cl. The second-order valence-electron chi connectivity index (χ2n) is 7.75. The molecule has 5 nitrogen and oxygen atoms in total. The van der Waals surface area contributed by atoms with Gasteiger partial charge in [-0.15, -0.1) is 36.2 Å². The first kappa shape index (κ1) is 25.0. The van der Waals surface area contributed by atoms with Gasteiger partial charge in [0.1, 0.15) is 5.00 Å². The number of hydrogen-bond acceptors (Lipinski definition) is 6. The van der Waals surface area contributed by atoms with Crippen LogP contribution in [0, 0.1) is 6.92 Å². The average molecular weight is 471 g/mol. The zero-order valence-electron chi connectivity index (χ0n) is 17.9. The highest BCUT2D eigenvalue weighted by molar-refractivity contribution is 7.16. The number of methoxy groups -OCH3 is 1. The summed E-state index contributed by atoms with van der Waals surface area (Å²) < 4.78 is 5.22. The van der Waals surface area contributed by atoms with Gasteiger partial charge in [0.15, 0.2) is 0 Å². The first-order valence-electron chi connectivity index (χ1n) is 10.1. The van der Waals surface area contributed by atoms with Crippen LogP contribution in [0.25, 0.3) is 11.9 Å². The van der Waals surface area contributed by atoms with Gasteiger partial charge in [0, 0.05) is 67.4 Å². The van der Waals surface area contributed by atoms with Crippen molar-refractivity contribution in [3.8, 4) is 0 Å². The lowest BCUT2D eigenvalue weighted by Crippen LogP contribution is -2.52. The highest BCUT2D eigenvalue weighted by atomic mass is 35.5. The second-order valence-corrected chi connectivity index (χ2v) is 9.00. The standard InChI is InChI=1S/C22H30N4OS.2ClH/c1-16-13-19-21(20-17(7-6-9-23-20)14-24-22(19)28-16)26-11-10-25(2)18(15-26)8-4-5-12-27-3;;/h6-7,9,13-14,18,24H,4-5,8,10-12,15H2,1-3H3;2*1H. The number of halogens is 2. The van der Waals surface area contributed by atoms with E-state index in [1.807, 2.05) is 23.6 Å². The number of nitrogens with zero attached hydrogens (tertiary/aromatic N) is 3. The van der Waals surface area contributed by atoms with Gasteiger partial charge in [-0.2, -0.15) is 0 Å². The van der Waals surface area contributed by atoms with Crippen LogP contribution in [0.15, 0.2) is 24.4 Å². The van der Waals surface area contributed by atoms with Gasteiger partial charge in [-0.1, -0.05) is 0 Å². The molecule has 4 rings (SSSR count). The van der Waals surface area contributed by atoms with Crippen LogP contribution in [-0.4, -0.2) is 61.2 Å². The summed E-state index contributed by atoms with van der Waals surface area (Å²) in [5, 5.41) is 7.00. The van der Waals surface area contributed by atoms with Gasteiger partial charge in [-0.05, 0) is 51.4 Å². The number of aryl methyl sites for hydroxylation is 1. The van der Waals surface area contributed by atoms with Gasteiger partial charge >= 0.3 is 0 Å². The third-order valence-corrected chi connectivity index (χ3v) is 6.74. The molecule has 0 radical (unpaired) electrons. The molecule has 2 aliphatic rings. The predicted octanol–water partition coefficient (Wildman–Crippen LogP) is 3.05. The Bertz CT molecular complexity index is 949. The van der Waals surface area contributed by atoms with Crippen LogP contribution in [0.4, 0.5) is 5.00 Å². The number of thiophene rings is 1. The fourth-order valence-electron chi connectivity index (χ4n) is 4.21. The molecule has 2 aromatic rings. The molecule has 166 valence electrons. The summed E-state index contributed by atoms with van der Waals surface area (Å²) in [6.07, 6.45) is 7.56. The Morgan fingerprint density at radius 2 is 2.10 bits per heavy atom. The van der Waals surface area contributed by atoms with Crippen molar-refractivity contribution >= 4 is 53.0 Å². The lowest BCUT2D eigenvalue weighted by Gasteiger charge is -2.41. The van der Waals surface area contributed by atoms with E-state index in [0.717, 1.165) is 43.2 Å². The first-order chi connectivity index (χ1) is 13.7. The van der Waals surface area contributed by atoms with Gasteiger partial charge < -0.3 is 15.0 Å². The molecule has 0 amide bonds. The van der Waals surface area contributed by atoms with Gasteiger partial charge in [0.05, 0.1) is 11.0 Å². The minimum atomic E-state index is 0. The number of aromatic nitrogens is 1. The number of anilines is 1. The lowest BCUT2D eigenvalue weighted by atomic mass is 10.0. The molecule has 2 aliphatic heterocycles. The molecule has 2 aromatic heterocycles. The number of hydrogen-bond donors (Lipinski definition) is 1. The van der Waals surface area contributed by atoms with E-state index in [1.165, 1.54) is 34.0 Å². The van der Waals surface area contributed by atoms with Gasteiger partial charge in [-0.25, -0.2) is 0 Å². The first-order valence-corrected chi connectivity index (χ1v) is 11.0. The Morgan fingerprint density at radius 3 is 2.90 bits per heavy atom. The number of likely N-dealkylation sites (N-methyl/N-ethyl adjacent to an activating group) is 1. The molecule has 1 unspecified atom stereocenters. The van der Waals surface area contributed by atoms with Crippen molar-refractivity contribution in [3.05, 3.63) is 45.4 Å². The summed E-state index contributed by atoms with van der Waals surface area (Å²) in [6.45, 7) is 6.19. The van der Waals surface area contributed by atoms with E-state index in [4.69, 9.17) is 9.72 Å². The number of rotatable bonds is 6. The van der Waals surface area contributed by atoms with Gasteiger partial charge in [-0.3, -0.25) is 9.88 Å². The van der Waals surface area contributed by atoms with Crippen molar-refractivity contribution in [1.29, 1.82) is 0 Å². The molecule has 0 aliphatic carbocycles. The number of ether oxygens (including phenoxy) is 1. The van der Waals surface area contributed by atoms with Crippen molar-refractivity contribution in [2.45, 2.75) is 32.2 Å². The number of unbranched alkanes of at least 4 members (excludes halogenated alkanes) is 1. The van der Waals surface area contributed by atoms with Crippen LogP contribution < -0.4 is 15.9 Å². The zero-order valence-corrected chi connectivity index (χ0v) is 20.3. The smallest absolute Gasteiger partial charge is 0.102 e. The minimum absolute atomic E-state index is 0. The van der Waals surface area contributed by atoms with Crippen molar-refractivity contribution in [1.82, 2.24) is 14.8 Å². The van der Waals surface area contributed by atoms with E-state index in [1.54, 1.807) is 7.11 Å². The maximum Gasteiger partial charge on any atom is 0.102 e. The normalized spacial score (nSPS) is 18.2. The molecule has 1 atom stereocenters. The molecule has 0 saturated carbocycles. The minimum Gasteiger partial charge on any atom is -0.385 e. The Balaban J connectivity index is 0.00000160. The van der Waals surface area contributed by atoms with E-state index in [9.17, 15) is 0 Å². The molecule has 1 saturated heterocycles. The van der Waals surface area contributed by atoms with Crippen molar-refractivity contribution in [2.24, 2.45) is 0 Å². The quantitative estimate of drug-likeness (QED) is 0.656. The Labute approximate surface area is 195 Å². The summed E-state index contributed by atoms with van der Waals surface area (Å²) in [5.41, 5.74) is 2.57. The average Bonchev–Trinajstić information content (AvgIpc) is 2.99. The molecule has 0 aromatic carbocycles. The van der Waals surface area contributed by atoms with Crippen molar-refractivity contribution < 1.29 is 4.74 Å². The highest BCUT2D eigenvalue weighted by Crippen LogP contribution is 2.35. The third-order valence-electron chi connectivity index (χ3n) is 5.76. The fourth-order valence-corrected chi connectivity index (χ4v) is 5.09. The molecule has 0 spiro atoms. The summed E-state index contributed by atoms with van der Waals surface area (Å²) in [5.74, 6) is 0. The monoisotopic (exact) mass is 470 g/mol. The van der Waals surface area contributed by atoms with E-state index in [0.29, 0.717) is 6.04 Å². The zero-order chi connectivity index (χ0) is 19.5. The van der Waals surface area contributed by atoms with E-state index in [2.05, 4.69) is 47.4 Å². The Morgan fingerprint density at radius 1 is 1.27 bits per heavy atom. The molecule has 1 fully saturated rings. The van der Waals surface area contributed by atoms with Crippen molar-refractivity contribution in [2.75, 3.05) is 45.7 Å². The molecular weight excluding hydrogens is 439 g/mol. The molecule has 1 N–H and O–H groups in total.